The summed E-state index contributed by atoms with van der Waals surface area (Å²) in [6.07, 6.45) is 0.341. The monoisotopic (exact) mass is 435 g/mol. The van der Waals surface area contributed by atoms with E-state index in [2.05, 4.69) is 15.6 Å². The number of benzene rings is 2. The lowest BCUT2D eigenvalue weighted by molar-refractivity contribution is -0.126. The summed E-state index contributed by atoms with van der Waals surface area (Å²) >= 11 is 0. The van der Waals surface area contributed by atoms with Gasteiger partial charge in [0, 0.05) is 6.42 Å². The predicted octanol–water partition coefficient (Wildman–Crippen LogP) is -0.204. The molecule has 164 valence electrons. The van der Waals surface area contributed by atoms with Crippen LogP contribution in [-0.4, -0.2) is 43.8 Å². The van der Waals surface area contributed by atoms with Crippen molar-refractivity contribution in [2.24, 2.45) is 5.10 Å². The smallest absolute Gasteiger partial charge is 0.365 e. The molecule has 0 radical (unpaired) electrons. The number of nitrogen functional groups attached to an aromatic ring is 1. The number of carbonyl (C=O) groups is 2. The molecule has 0 unspecified atom stereocenters. The van der Waals surface area contributed by atoms with E-state index in [1.807, 2.05) is 60.7 Å². The molecule has 2 amide bonds. The third-order valence-electron chi connectivity index (χ3n) is 4.76. The van der Waals surface area contributed by atoms with Crippen LogP contribution in [0, 0.1) is 0 Å². The van der Waals surface area contributed by atoms with Crippen molar-refractivity contribution in [1.82, 2.24) is 24.8 Å². The first kappa shape index (κ1) is 20.8. The number of nitrogens with zero attached hydrogens (tertiary/aromatic N) is 5. The molecule has 0 bridgehead atoms. The van der Waals surface area contributed by atoms with Crippen molar-refractivity contribution < 1.29 is 14.3 Å². The first-order valence-electron chi connectivity index (χ1n) is 9.82. The molecule has 1 aliphatic heterocycles. The third-order valence-corrected chi connectivity index (χ3v) is 4.76. The Morgan fingerprint density at radius 3 is 2.41 bits per heavy atom. The normalized spacial score (nSPS) is 14.6. The van der Waals surface area contributed by atoms with Crippen molar-refractivity contribution in [3.8, 4) is 0 Å². The molecule has 11 nitrogen and oxygen atoms in total. The number of hydrazone groups is 1. The SMILES string of the molecule is Nn1c(Cc2ccccc2)nn(CC(=O)N/N=C2\OCC(=O)N2Cc2ccccc2)c1=O. The number of nitrogens with one attached hydrogen (secondary N) is 1. The highest BCUT2D eigenvalue weighted by Crippen LogP contribution is 2.11. The number of nitrogens with two attached hydrogens (primary N) is 1. The first-order valence-corrected chi connectivity index (χ1v) is 9.82. The Bertz CT molecular complexity index is 1200. The molecule has 1 saturated heterocycles. The minimum absolute atomic E-state index is 0.0197. The average molecular weight is 435 g/mol. The molecule has 2 heterocycles. The molecule has 0 aliphatic carbocycles. The number of amidine groups is 1. The van der Waals surface area contributed by atoms with E-state index in [0.717, 1.165) is 20.5 Å². The van der Waals surface area contributed by atoms with Gasteiger partial charge in [0.25, 0.3) is 11.8 Å². The van der Waals surface area contributed by atoms with Gasteiger partial charge in [0.15, 0.2) is 12.4 Å². The Hall–Kier alpha value is -4.41. The molecule has 11 heteroatoms. The van der Waals surface area contributed by atoms with Gasteiger partial charge in [-0.1, -0.05) is 60.7 Å². The van der Waals surface area contributed by atoms with Crippen molar-refractivity contribution in [3.05, 3.63) is 88.1 Å². The fourth-order valence-electron chi connectivity index (χ4n) is 3.15. The molecule has 2 aromatic carbocycles. The van der Waals surface area contributed by atoms with Crippen LogP contribution in [-0.2, 0) is 33.8 Å². The number of hydrogen-bond donors (Lipinski definition) is 2. The minimum Gasteiger partial charge on any atom is -0.453 e. The van der Waals surface area contributed by atoms with Gasteiger partial charge >= 0.3 is 11.7 Å². The van der Waals surface area contributed by atoms with Crippen LogP contribution in [0.2, 0.25) is 0 Å². The summed E-state index contributed by atoms with van der Waals surface area (Å²) in [6.45, 7) is -0.302. The van der Waals surface area contributed by atoms with Crippen LogP contribution in [0.25, 0.3) is 0 Å². The van der Waals surface area contributed by atoms with Crippen LogP contribution in [0.5, 0.6) is 0 Å². The lowest BCUT2D eigenvalue weighted by Crippen LogP contribution is -2.36. The number of aromatic nitrogens is 3. The number of ether oxygens (including phenoxy) is 1. The lowest BCUT2D eigenvalue weighted by atomic mass is 10.1. The molecule has 3 aromatic rings. The second kappa shape index (κ2) is 9.16. The van der Waals surface area contributed by atoms with Gasteiger partial charge in [-0.05, 0) is 11.1 Å². The highest BCUT2D eigenvalue weighted by atomic mass is 16.5. The summed E-state index contributed by atoms with van der Waals surface area (Å²) in [7, 11) is 0. The fourth-order valence-corrected chi connectivity index (χ4v) is 3.15. The van der Waals surface area contributed by atoms with E-state index >= 15 is 0 Å². The molecule has 32 heavy (non-hydrogen) atoms. The Labute approximate surface area is 182 Å². The Morgan fingerprint density at radius 2 is 1.72 bits per heavy atom. The van der Waals surface area contributed by atoms with Gasteiger partial charge in [-0.15, -0.1) is 5.10 Å². The highest BCUT2D eigenvalue weighted by Gasteiger charge is 2.29. The lowest BCUT2D eigenvalue weighted by Gasteiger charge is -2.13. The zero-order valence-electron chi connectivity index (χ0n) is 17.0. The summed E-state index contributed by atoms with van der Waals surface area (Å²) in [4.78, 5) is 38.1. The van der Waals surface area contributed by atoms with E-state index in [1.54, 1.807) is 0 Å². The summed E-state index contributed by atoms with van der Waals surface area (Å²) in [5, 5.41) is 8.04. The maximum atomic E-state index is 12.3. The summed E-state index contributed by atoms with van der Waals surface area (Å²) in [5.74, 6) is 5.23. The van der Waals surface area contributed by atoms with Gasteiger partial charge in [-0.25, -0.2) is 14.9 Å². The molecule has 1 fully saturated rings. The second-order valence-corrected chi connectivity index (χ2v) is 7.07. The standard InChI is InChI=1S/C21H21N7O4/c22-28-17(11-15-7-3-1-4-8-15)25-27(21(28)31)13-18(29)23-24-20-26(19(30)14-32-20)12-16-9-5-2-6-10-16/h1-10H,11-14,22H2,(H,23,29)/b24-20-. The molecule has 0 atom stereocenters. The van der Waals surface area contributed by atoms with Gasteiger partial charge in [0.2, 0.25) is 0 Å². The van der Waals surface area contributed by atoms with Crippen molar-refractivity contribution in [2.45, 2.75) is 19.5 Å². The van der Waals surface area contributed by atoms with Gasteiger partial charge in [0.05, 0.1) is 6.54 Å². The molecule has 0 spiro atoms. The Kier molecular flexibility index (Phi) is 5.97. The van der Waals surface area contributed by atoms with Crippen molar-refractivity contribution in [3.63, 3.8) is 0 Å². The quantitative estimate of drug-likeness (QED) is 0.389. The zero-order chi connectivity index (χ0) is 22.5. The van der Waals surface area contributed by atoms with Crippen molar-refractivity contribution >= 4 is 17.8 Å². The van der Waals surface area contributed by atoms with E-state index in [0.29, 0.717) is 12.2 Å². The number of hydrogen-bond acceptors (Lipinski definition) is 7. The fraction of sp³-hybridized carbons (Fsp3) is 0.190. The minimum atomic E-state index is -0.628. The highest BCUT2D eigenvalue weighted by molar-refractivity contribution is 6.00. The summed E-state index contributed by atoms with van der Waals surface area (Å²) < 4.78 is 7.13. The average Bonchev–Trinajstić information content (AvgIpc) is 3.28. The van der Waals surface area contributed by atoms with Gasteiger partial charge in [0.1, 0.15) is 6.54 Å². The topological polar surface area (TPSA) is 137 Å². The largest absolute Gasteiger partial charge is 0.453 e. The molecule has 1 aromatic heterocycles. The molecule has 0 saturated carbocycles. The van der Waals surface area contributed by atoms with E-state index in [1.165, 1.54) is 4.90 Å². The first-order chi connectivity index (χ1) is 15.5. The number of rotatable bonds is 7. The Balaban J connectivity index is 1.41. The van der Waals surface area contributed by atoms with E-state index in [9.17, 15) is 14.4 Å². The number of amides is 2. The van der Waals surface area contributed by atoms with Crippen molar-refractivity contribution in [1.29, 1.82) is 0 Å². The van der Waals surface area contributed by atoms with Gasteiger partial charge in [-0.3, -0.25) is 14.5 Å². The van der Waals surface area contributed by atoms with Gasteiger partial charge < -0.3 is 10.6 Å². The molecular weight excluding hydrogens is 414 g/mol. The Morgan fingerprint density at radius 1 is 1.06 bits per heavy atom. The van der Waals surface area contributed by atoms with E-state index in [4.69, 9.17) is 10.6 Å². The van der Waals surface area contributed by atoms with Crippen LogP contribution in [0.15, 0.2) is 70.6 Å². The van der Waals surface area contributed by atoms with Crippen LogP contribution >= 0.6 is 0 Å². The van der Waals surface area contributed by atoms with Crippen LogP contribution in [0.4, 0.5) is 0 Å². The molecule has 3 N–H and O–H groups in total. The number of carbonyl (C=O) groups excluding carboxylic acids is 2. The molecule has 1 aliphatic rings. The van der Waals surface area contributed by atoms with E-state index in [-0.39, 0.29) is 25.1 Å². The summed E-state index contributed by atoms with van der Waals surface area (Å²) in [6, 6.07) is 18.7. The van der Waals surface area contributed by atoms with E-state index < -0.39 is 18.1 Å². The molecular formula is C21H21N7O4. The maximum absolute atomic E-state index is 12.3. The second-order valence-electron chi connectivity index (χ2n) is 7.07. The van der Waals surface area contributed by atoms with Crippen molar-refractivity contribution in [2.75, 3.05) is 12.4 Å². The van der Waals surface area contributed by atoms with Crippen LogP contribution < -0.4 is 17.0 Å². The zero-order valence-corrected chi connectivity index (χ0v) is 17.0. The van der Waals surface area contributed by atoms with Crippen LogP contribution in [0.3, 0.4) is 0 Å². The summed E-state index contributed by atoms with van der Waals surface area (Å²) in [5.41, 5.74) is 3.48. The third kappa shape index (κ3) is 4.67. The predicted molar refractivity (Wildman–Crippen MR) is 114 cm³/mol. The maximum Gasteiger partial charge on any atom is 0.365 e. The van der Waals surface area contributed by atoms with Gasteiger partial charge in [-0.2, -0.15) is 9.77 Å². The van der Waals surface area contributed by atoms with Crippen LogP contribution in [0.1, 0.15) is 17.0 Å². The molecule has 4 rings (SSSR count).